The Morgan fingerprint density at radius 3 is 2.90 bits per heavy atom. The Hall–Kier alpha value is -0.690. The Balaban J connectivity index is 3.62. The fraction of sp³-hybridized carbons (Fsp3) is 0.667. The lowest BCUT2D eigenvalue weighted by Gasteiger charge is -2.03. The number of ether oxygens (including phenoxy) is 1. The predicted molar refractivity (Wildman–Crippen MR) is 39.3 cm³/mol. The van der Waals surface area contributed by atoms with Crippen molar-refractivity contribution in [3.63, 3.8) is 0 Å². The Labute approximate surface area is 64.4 Å². The lowest BCUT2D eigenvalue weighted by Crippen LogP contribution is -2.15. The summed E-state index contributed by atoms with van der Waals surface area (Å²) in [5, 5.41) is 9.61. The predicted octanol–water partition coefficient (Wildman–Crippen LogP) is 1.15. The molecule has 3 nitrogen and oxygen atoms in total. The number of carbonyl (C=O) groups is 1. The van der Waals surface area contributed by atoms with Crippen LogP contribution in [0.1, 0.15) is 13.8 Å². The molecule has 0 aliphatic heterocycles. The van der Waals surface area contributed by atoms with Gasteiger partial charge in [-0.25, -0.2) is 0 Å². The van der Waals surface area contributed by atoms with E-state index in [0.29, 0.717) is 6.61 Å². The smallest absolute Gasteiger partial charge is 0.319 e. The maximum absolute atomic E-state index is 10.7. The van der Waals surface area contributed by atoms with Gasteiger partial charge >= 0.3 is 5.97 Å². The molecule has 0 aliphatic rings. The van der Waals surface area contributed by atoms with Crippen LogP contribution in [-0.2, 0) is 9.53 Å². The quantitative estimate of drug-likeness (QED) is 0.458. The molecule has 0 spiro atoms. The molecule has 0 rings (SSSR count). The third-order valence-corrected chi connectivity index (χ3v) is 1.50. The molecule has 0 saturated heterocycles. The van der Waals surface area contributed by atoms with Crippen molar-refractivity contribution in [2.75, 3.05) is 6.61 Å². The Morgan fingerprint density at radius 2 is 2.50 bits per heavy atom. The van der Waals surface area contributed by atoms with Crippen molar-refractivity contribution in [1.29, 1.82) is 5.26 Å². The highest BCUT2D eigenvalue weighted by atomic mass is 32.2. The zero-order chi connectivity index (χ0) is 7.98. The van der Waals surface area contributed by atoms with E-state index < -0.39 is 0 Å². The Kier molecular flexibility index (Phi) is 4.77. The molecule has 0 amide bonds. The van der Waals surface area contributed by atoms with Gasteiger partial charge in [0.25, 0.3) is 0 Å². The first-order valence-corrected chi connectivity index (χ1v) is 3.81. The van der Waals surface area contributed by atoms with Crippen molar-refractivity contribution in [3.8, 4) is 5.40 Å². The SMILES string of the molecule is CCOC(=O)[C@H](C)SC#N. The molecule has 0 unspecified atom stereocenters. The molecule has 0 aromatic rings. The molecular weight excluding hydrogens is 150 g/mol. The maximum Gasteiger partial charge on any atom is 0.319 e. The van der Waals surface area contributed by atoms with Crippen LogP contribution < -0.4 is 0 Å². The Bertz CT molecular complexity index is 152. The minimum absolute atomic E-state index is 0.325. The number of carbonyl (C=O) groups excluding carboxylic acids is 1. The summed E-state index contributed by atoms with van der Waals surface area (Å²) in [6.07, 6.45) is 0. The number of hydrogen-bond donors (Lipinski definition) is 0. The summed E-state index contributed by atoms with van der Waals surface area (Å²) >= 11 is 0.910. The highest BCUT2D eigenvalue weighted by Gasteiger charge is 2.13. The highest BCUT2D eigenvalue weighted by Crippen LogP contribution is 2.08. The number of nitriles is 1. The summed E-state index contributed by atoms with van der Waals surface area (Å²) in [5.74, 6) is -0.325. The van der Waals surface area contributed by atoms with E-state index in [2.05, 4.69) is 4.74 Å². The van der Waals surface area contributed by atoms with Crippen molar-refractivity contribution in [2.45, 2.75) is 19.1 Å². The minimum atomic E-state index is -0.370. The van der Waals surface area contributed by atoms with Crippen LogP contribution in [0.2, 0.25) is 0 Å². The molecule has 56 valence electrons. The van der Waals surface area contributed by atoms with Gasteiger partial charge < -0.3 is 4.74 Å². The molecule has 0 heterocycles. The van der Waals surface area contributed by atoms with Gasteiger partial charge in [-0.05, 0) is 25.6 Å². The van der Waals surface area contributed by atoms with Crippen LogP contribution in [0.4, 0.5) is 0 Å². The molecule has 0 bridgehead atoms. The van der Waals surface area contributed by atoms with Gasteiger partial charge in [-0.2, -0.15) is 5.26 Å². The van der Waals surface area contributed by atoms with Crippen molar-refractivity contribution in [3.05, 3.63) is 0 Å². The summed E-state index contributed by atoms with van der Waals surface area (Å²) in [4.78, 5) is 10.7. The molecule has 0 N–H and O–H groups in total. The zero-order valence-electron chi connectivity index (χ0n) is 5.96. The van der Waals surface area contributed by atoms with E-state index >= 15 is 0 Å². The van der Waals surface area contributed by atoms with Gasteiger partial charge in [0.2, 0.25) is 0 Å². The first-order valence-electron chi connectivity index (χ1n) is 2.93. The fourth-order valence-corrected chi connectivity index (χ4v) is 0.709. The molecule has 0 aromatic heterocycles. The second kappa shape index (κ2) is 5.12. The van der Waals surface area contributed by atoms with Crippen molar-refractivity contribution < 1.29 is 9.53 Å². The lowest BCUT2D eigenvalue weighted by molar-refractivity contribution is -0.142. The lowest BCUT2D eigenvalue weighted by atomic mass is 10.5. The van der Waals surface area contributed by atoms with Gasteiger partial charge in [0.1, 0.15) is 10.7 Å². The third-order valence-electron chi connectivity index (χ3n) is 0.848. The monoisotopic (exact) mass is 159 g/mol. The topological polar surface area (TPSA) is 50.1 Å². The fourth-order valence-electron chi connectivity index (χ4n) is 0.387. The first-order chi connectivity index (χ1) is 4.72. The number of nitrogens with zero attached hydrogens (tertiary/aromatic N) is 1. The summed E-state index contributed by atoms with van der Waals surface area (Å²) in [7, 11) is 0. The van der Waals surface area contributed by atoms with Gasteiger partial charge in [0.05, 0.1) is 6.61 Å². The van der Waals surface area contributed by atoms with Gasteiger partial charge in [-0.3, -0.25) is 4.79 Å². The van der Waals surface area contributed by atoms with Crippen LogP contribution in [0, 0.1) is 10.7 Å². The van der Waals surface area contributed by atoms with Gasteiger partial charge in [-0.1, -0.05) is 0 Å². The van der Waals surface area contributed by atoms with Crippen molar-refractivity contribution in [2.24, 2.45) is 0 Å². The summed E-state index contributed by atoms with van der Waals surface area (Å²) < 4.78 is 4.65. The number of hydrogen-bond acceptors (Lipinski definition) is 4. The van der Waals surface area contributed by atoms with Gasteiger partial charge in [-0.15, -0.1) is 0 Å². The maximum atomic E-state index is 10.7. The van der Waals surface area contributed by atoms with E-state index in [0.717, 1.165) is 11.8 Å². The minimum Gasteiger partial charge on any atom is -0.465 e. The zero-order valence-corrected chi connectivity index (χ0v) is 6.77. The molecule has 10 heavy (non-hydrogen) atoms. The summed E-state index contributed by atoms with van der Waals surface area (Å²) in [6.45, 7) is 3.75. The van der Waals surface area contributed by atoms with Crippen LogP contribution in [0.25, 0.3) is 0 Å². The number of esters is 1. The average molecular weight is 159 g/mol. The number of thioether (sulfide) groups is 1. The van der Waals surface area contributed by atoms with Gasteiger partial charge in [0.15, 0.2) is 0 Å². The van der Waals surface area contributed by atoms with Crippen LogP contribution in [0.3, 0.4) is 0 Å². The molecule has 0 fully saturated rings. The standard InChI is InChI=1S/C6H9NO2S/c1-3-9-6(8)5(2)10-4-7/h5H,3H2,1-2H3/t5-/m0/s1. The normalized spacial score (nSPS) is 11.7. The van der Waals surface area contributed by atoms with E-state index in [1.807, 2.05) is 5.40 Å². The van der Waals surface area contributed by atoms with E-state index in [4.69, 9.17) is 5.26 Å². The van der Waals surface area contributed by atoms with Crippen molar-refractivity contribution in [1.82, 2.24) is 0 Å². The van der Waals surface area contributed by atoms with Crippen molar-refractivity contribution >= 4 is 17.7 Å². The second-order valence-corrected chi connectivity index (χ2v) is 2.73. The number of thiocyanates is 1. The van der Waals surface area contributed by atoms with Crippen LogP contribution in [0.5, 0.6) is 0 Å². The van der Waals surface area contributed by atoms with Crippen LogP contribution in [-0.4, -0.2) is 17.8 Å². The molecule has 0 saturated carbocycles. The molecule has 1 atom stereocenters. The highest BCUT2D eigenvalue weighted by molar-refractivity contribution is 8.04. The molecule has 0 aliphatic carbocycles. The molecule has 0 radical (unpaired) electrons. The summed E-state index contributed by atoms with van der Waals surface area (Å²) in [5.41, 5.74) is 0. The van der Waals surface area contributed by atoms with Crippen LogP contribution in [0.15, 0.2) is 0 Å². The first kappa shape index (κ1) is 9.31. The molecule has 4 heteroatoms. The van der Waals surface area contributed by atoms with Gasteiger partial charge in [0, 0.05) is 0 Å². The largest absolute Gasteiger partial charge is 0.465 e. The number of rotatable bonds is 3. The second-order valence-electron chi connectivity index (χ2n) is 1.60. The Morgan fingerprint density at radius 1 is 1.90 bits per heavy atom. The van der Waals surface area contributed by atoms with E-state index in [9.17, 15) is 4.79 Å². The van der Waals surface area contributed by atoms with E-state index in [1.54, 1.807) is 13.8 Å². The average Bonchev–Trinajstić information content (AvgIpc) is 1.89. The van der Waals surface area contributed by atoms with E-state index in [1.165, 1.54) is 0 Å². The summed E-state index contributed by atoms with van der Waals surface area (Å²) in [6, 6.07) is 0. The molecule has 0 aromatic carbocycles. The van der Waals surface area contributed by atoms with Crippen LogP contribution >= 0.6 is 11.8 Å². The molecular formula is C6H9NO2S. The van der Waals surface area contributed by atoms with E-state index in [-0.39, 0.29) is 11.2 Å². The third kappa shape index (κ3) is 3.36.